The molecule has 1 saturated carbocycles. The van der Waals surface area contributed by atoms with E-state index in [0.717, 1.165) is 19.3 Å². The van der Waals surface area contributed by atoms with Crippen molar-refractivity contribution in [2.75, 3.05) is 0 Å². The van der Waals surface area contributed by atoms with Gasteiger partial charge in [-0.1, -0.05) is 0 Å². The monoisotopic (exact) mass is 151 g/mol. The molecule has 0 aromatic heterocycles. The van der Waals surface area contributed by atoms with E-state index in [2.05, 4.69) is 0 Å². The molecule has 58 valence electrons. The Bertz CT molecular complexity index is 99.9. The Balaban J connectivity index is 2.39. The summed E-state index contributed by atoms with van der Waals surface area (Å²) < 4.78 is 35.7. The van der Waals surface area contributed by atoms with Crippen molar-refractivity contribution >= 4 is 0 Å². The number of hydrogen-bond donors (Lipinski definition) is 0. The van der Waals surface area contributed by atoms with E-state index >= 15 is 0 Å². The van der Waals surface area contributed by atoms with E-state index < -0.39 is 6.18 Å². The van der Waals surface area contributed by atoms with Gasteiger partial charge in [-0.05, 0) is 19.3 Å². The third-order valence-corrected chi connectivity index (χ3v) is 1.86. The van der Waals surface area contributed by atoms with Gasteiger partial charge in [-0.15, -0.1) is 13.2 Å². The standard InChI is InChI=1S/C7H10F3/c8-7(9,10)6-4-2-1-3-5-6/h1-5H2/q+1. The van der Waals surface area contributed by atoms with Crippen LogP contribution in [0.1, 0.15) is 32.1 Å². The molecule has 0 atom stereocenters. The zero-order chi connectivity index (χ0) is 7.61. The van der Waals surface area contributed by atoms with Gasteiger partial charge in [-0.2, -0.15) is 0 Å². The predicted octanol–water partition coefficient (Wildman–Crippen LogP) is 3.09. The molecule has 1 aliphatic carbocycles. The average molecular weight is 151 g/mol. The van der Waals surface area contributed by atoms with E-state index in [4.69, 9.17) is 0 Å². The van der Waals surface area contributed by atoms with Crippen molar-refractivity contribution in [1.82, 2.24) is 0 Å². The largest absolute Gasteiger partial charge is 0.551 e. The van der Waals surface area contributed by atoms with Crippen LogP contribution in [0.5, 0.6) is 0 Å². The van der Waals surface area contributed by atoms with Crippen LogP contribution in [-0.2, 0) is 0 Å². The highest BCUT2D eigenvalue weighted by Crippen LogP contribution is 2.38. The van der Waals surface area contributed by atoms with Crippen molar-refractivity contribution in [1.29, 1.82) is 0 Å². The Kier molecular flexibility index (Phi) is 2.11. The summed E-state index contributed by atoms with van der Waals surface area (Å²) in [5, 5.41) is 0. The molecule has 0 bridgehead atoms. The first-order chi connectivity index (χ1) is 4.61. The van der Waals surface area contributed by atoms with Crippen molar-refractivity contribution in [3.8, 4) is 0 Å². The van der Waals surface area contributed by atoms with Crippen LogP contribution in [0, 0.1) is 5.92 Å². The van der Waals surface area contributed by atoms with Crippen molar-refractivity contribution in [2.45, 2.75) is 38.3 Å². The van der Waals surface area contributed by atoms with Crippen LogP contribution in [0.15, 0.2) is 0 Å². The molecule has 0 spiro atoms. The van der Waals surface area contributed by atoms with Gasteiger partial charge in [-0.25, -0.2) is 0 Å². The summed E-state index contributed by atoms with van der Waals surface area (Å²) in [6.45, 7) is 0. The van der Waals surface area contributed by atoms with Crippen LogP contribution in [-0.4, -0.2) is 6.18 Å². The van der Waals surface area contributed by atoms with Gasteiger partial charge in [0.25, 0.3) is 0 Å². The maximum absolute atomic E-state index is 11.9. The molecule has 0 heterocycles. The maximum Gasteiger partial charge on any atom is 0.551 e. The van der Waals surface area contributed by atoms with Gasteiger partial charge in [0.05, 0.1) is 0 Å². The lowest BCUT2D eigenvalue weighted by Crippen LogP contribution is -2.22. The third-order valence-electron chi connectivity index (χ3n) is 1.86. The molecule has 1 aliphatic rings. The normalized spacial score (nSPS) is 21.3. The Morgan fingerprint density at radius 3 is 1.70 bits per heavy atom. The first-order valence-electron chi connectivity index (χ1n) is 3.52. The average Bonchev–Trinajstić information content (AvgIpc) is 1.88. The molecule has 0 unspecified atom stereocenters. The van der Waals surface area contributed by atoms with Crippen molar-refractivity contribution < 1.29 is 13.2 Å². The molecular formula is C7H10F3+. The smallest absolute Gasteiger partial charge is 0.127 e. The zero-order valence-electron chi connectivity index (χ0n) is 5.67. The fourth-order valence-corrected chi connectivity index (χ4v) is 1.26. The van der Waals surface area contributed by atoms with Gasteiger partial charge >= 0.3 is 6.18 Å². The van der Waals surface area contributed by atoms with Gasteiger partial charge in [0.2, 0.25) is 5.92 Å². The maximum atomic E-state index is 11.9. The van der Waals surface area contributed by atoms with Crippen LogP contribution in [0.25, 0.3) is 0 Å². The van der Waals surface area contributed by atoms with E-state index in [1.807, 2.05) is 0 Å². The molecule has 1 fully saturated rings. The summed E-state index contributed by atoms with van der Waals surface area (Å²) in [6.07, 6.45) is -1.09. The highest BCUT2D eigenvalue weighted by molar-refractivity contribution is 4.99. The van der Waals surface area contributed by atoms with Gasteiger partial charge in [0, 0.05) is 0 Å². The van der Waals surface area contributed by atoms with Crippen LogP contribution < -0.4 is 0 Å². The van der Waals surface area contributed by atoms with E-state index in [1.165, 1.54) is 0 Å². The van der Waals surface area contributed by atoms with Gasteiger partial charge in [0.15, 0.2) is 0 Å². The van der Waals surface area contributed by atoms with E-state index in [9.17, 15) is 13.2 Å². The summed E-state index contributed by atoms with van der Waals surface area (Å²) in [6, 6.07) is 0. The zero-order valence-corrected chi connectivity index (χ0v) is 5.67. The van der Waals surface area contributed by atoms with Gasteiger partial charge < -0.3 is 0 Å². The minimum absolute atomic E-state index is 0.209. The number of halogens is 3. The molecule has 0 aliphatic heterocycles. The second-order valence-electron chi connectivity index (χ2n) is 2.66. The van der Waals surface area contributed by atoms with E-state index in [0.29, 0.717) is 0 Å². The first kappa shape index (κ1) is 7.76. The van der Waals surface area contributed by atoms with Crippen molar-refractivity contribution in [2.24, 2.45) is 0 Å². The quantitative estimate of drug-likeness (QED) is 0.466. The highest BCUT2D eigenvalue weighted by atomic mass is 19.4. The minimum atomic E-state index is -4.01. The van der Waals surface area contributed by atoms with Crippen LogP contribution >= 0.6 is 0 Å². The number of alkyl halides is 3. The number of hydrogen-bond acceptors (Lipinski definition) is 0. The minimum Gasteiger partial charge on any atom is -0.127 e. The molecule has 0 saturated heterocycles. The Morgan fingerprint density at radius 2 is 1.40 bits per heavy atom. The molecule has 1 rings (SSSR count). The predicted molar refractivity (Wildman–Crippen MR) is 32.4 cm³/mol. The highest BCUT2D eigenvalue weighted by Gasteiger charge is 2.51. The summed E-state index contributed by atoms with van der Waals surface area (Å²) in [4.78, 5) is 0. The first-order valence-corrected chi connectivity index (χ1v) is 3.52. The number of rotatable bonds is 0. The Labute approximate surface area is 58.4 Å². The SMILES string of the molecule is FC(F)(F)[C+]1CCCCC1. The molecule has 0 aromatic carbocycles. The van der Waals surface area contributed by atoms with Gasteiger partial charge in [0.1, 0.15) is 12.8 Å². The molecule has 0 amide bonds. The van der Waals surface area contributed by atoms with Crippen LogP contribution in [0.3, 0.4) is 0 Å². The molecule has 0 radical (unpaired) electrons. The molecule has 3 heteroatoms. The fraction of sp³-hybridized carbons (Fsp3) is 0.857. The molecule has 0 nitrogen and oxygen atoms in total. The van der Waals surface area contributed by atoms with Crippen molar-refractivity contribution in [3.05, 3.63) is 5.92 Å². The summed E-state index contributed by atoms with van der Waals surface area (Å²) in [5.74, 6) is -0.209. The lowest BCUT2D eigenvalue weighted by molar-refractivity contribution is -0.121. The summed E-state index contributed by atoms with van der Waals surface area (Å²) in [7, 11) is 0. The van der Waals surface area contributed by atoms with E-state index in [-0.39, 0.29) is 18.8 Å². The summed E-state index contributed by atoms with van der Waals surface area (Å²) >= 11 is 0. The van der Waals surface area contributed by atoms with Crippen molar-refractivity contribution in [3.63, 3.8) is 0 Å². The lowest BCUT2D eigenvalue weighted by atomic mass is 9.89. The second-order valence-corrected chi connectivity index (χ2v) is 2.66. The van der Waals surface area contributed by atoms with E-state index in [1.54, 1.807) is 0 Å². The fourth-order valence-electron chi connectivity index (χ4n) is 1.26. The molecule has 0 N–H and O–H groups in total. The van der Waals surface area contributed by atoms with Gasteiger partial charge in [-0.3, -0.25) is 0 Å². The molecule has 10 heavy (non-hydrogen) atoms. The topological polar surface area (TPSA) is 0 Å². The molecular weight excluding hydrogens is 141 g/mol. The third kappa shape index (κ3) is 1.82. The second kappa shape index (κ2) is 2.72. The lowest BCUT2D eigenvalue weighted by Gasteiger charge is -2.12. The Hall–Kier alpha value is -0.340. The molecule has 0 aromatic rings. The summed E-state index contributed by atoms with van der Waals surface area (Å²) in [5.41, 5.74) is 0. The Morgan fingerprint density at radius 1 is 0.900 bits per heavy atom. The van der Waals surface area contributed by atoms with Crippen LogP contribution in [0.4, 0.5) is 13.2 Å². The van der Waals surface area contributed by atoms with Crippen LogP contribution in [0.2, 0.25) is 0 Å².